The van der Waals surface area contributed by atoms with E-state index in [2.05, 4.69) is 24.1 Å². The summed E-state index contributed by atoms with van der Waals surface area (Å²) in [5.74, 6) is 0.0911. The maximum absolute atomic E-state index is 13.1. The smallest absolute Gasteiger partial charge is 0.262 e. The molecule has 8 heteroatoms. The minimum atomic E-state index is -0.453. The Kier molecular flexibility index (Phi) is 6.72. The first-order valence-electron chi connectivity index (χ1n) is 10.4. The van der Waals surface area contributed by atoms with Crippen LogP contribution in [0.2, 0.25) is 0 Å². The number of fused-ring (bicyclic) bond motifs is 1. The number of anilines is 1. The molecular formula is C24H24N4O2S2. The minimum absolute atomic E-state index is 0.0770. The van der Waals surface area contributed by atoms with E-state index in [9.17, 15) is 9.59 Å². The van der Waals surface area contributed by atoms with Gasteiger partial charge in [-0.1, -0.05) is 68.1 Å². The van der Waals surface area contributed by atoms with Gasteiger partial charge in [-0.05, 0) is 25.0 Å². The molecule has 0 radical (unpaired) electrons. The molecule has 1 N–H and O–H groups in total. The summed E-state index contributed by atoms with van der Waals surface area (Å²) in [6, 6.07) is 17.2. The average Bonchev–Trinajstić information content (AvgIpc) is 3.25. The Balaban J connectivity index is 1.54. The van der Waals surface area contributed by atoms with Crippen molar-refractivity contribution >= 4 is 45.0 Å². The van der Waals surface area contributed by atoms with Crippen LogP contribution in [0.4, 0.5) is 5.13 Å². The molecule has 164 valence electrons. The molecule has 1 atom stereocenters. The third-order valence-electron chi connectivity index (χ3n) is 4.83. The first-order chi connectivity index (χ1) is 15.4. The van der Waals surface area contributed by atoms with Crippen molar-refractivity contribution < 1.29 is 4.79 Å². The predicted molar refractivity (Wildman–Crippen MR) is 132 cm³/mol. The quantitative estimate of drug-likeness (QED) is 0.297. The summed E-state index contributed by atoms with van der Waals surface area (Å²) in [7, 11) is 0. The first kappa shape index (κ1) is 22.2. The summed E-state index contributed by atoms with van der Waals surface area (Å²) < 4.78 is 1.68. The van der Waals surface area contributed by atoms with E-state index in [-0.39, 0.29) is 17.4 Å². The normalized spacial score (nSPS) is 12.2. The van der Waals surface area contributed by atoms with Crippen LogP contribution in [0, 0.1) is 5.92 Å². The molecule has 0 aliphatic rings. The van der Waals surface area contributed by atoms with Crippen LogP contribution in [0.5, 0.6) is 0 Å². The van der Waals surface area contributed by atoms with E-state index >= 15 is 0 Å². The lowest BCUT2D eigenvalue weighted by Gasteiger charge is -2.17. The Morgan fingerprint density at radius 1 is 1.06 bits per heavy atom. The van der Waals surface area contributed by atoms with Crippen LogP contribution in [0.1, 0.15) is 20.8 Å². The number of hydrogen-bond acceptors (Lipinski definition) is 6. The number of amides is 1. The van der Waals surface area contributed by atoms with Gasteiger partial charge in [-0.25, -0.2) is 9.97 Å². The summed E-state index contributed by atoms with van der Waals surface area (Å²) in [5, 5.41) is 6.06. The lowest BCUT2D eigenvalue weighted by molar-refractivity contribution is -0.115. The van der Waals surface area contributed by atoms with E-state index in [4.69, 9.17) is 4.98 Å². The highest BCUT2D eigenvalue weighted by atomic mass is 32.2. The third kappa shape index (κ3) is 4.92. The van der Waals surface area contributed by atoms with Gasteiger partial charge in [-0.2, -0.15) is 0 Å². The average molecular weight is 465 g/mol. The zero-order valence-corrected chi connectivity index (χ0v) is 19.7. The highest BCUT2D eigenvalue weighted by molar-refractivity contribution is 8.00. The number of rotatable bonds is 7. The standard InChI is InChI=1S/C24H24N4O2S2/c1-15(2)13-28-22(30)18-11-7-8-12-19(18)26-24(28)32-16(3)21(29)27-23-25-20(14-31-23)17-9-5-4-6-10-17/h4-12,14-16H,13H2,1-3H3,(H,25,27,29). The van der Waals surface area contributed by atoms with Gasteiger partial charge in [0, 0.05) is 17.5 Å². The second kappa shape index (κ2) is 9.67. The van der Waals surface area contributed by atoms with E-state index in [0.717, 1.165) is 11.3 Å². The van der Waals surface area contributed by atoms with Gasteiger partial charge in [-0.3, -0.25) is 14.2 Å². The Bertz CT molecular complexity index is 1300. The monoisotopic (exact) mass is 464 g/mol. The maximum atomic E-state index is 13.1. The van der Waals surface area contributed by atoms with Crippen molar-refractivity contribution in [2.45, 2.75) is 37.7 Å². The molecule has 2 aromatic carbocycles. The molecule has 4 rings (SSSR count). The van der Waals surface area contributed by atoms with Crippen molar-refractivity contribution in [3.05, 3.63) is 70.3 Å². The molecule has 2 aromatic heterocycles. The summed E-state index contributed by atoms with van der Waals surface area (Å²) >= 11 is 2.68. The number of benzene rings is 2. The van der Waals surface area contributed by atoms with Gasteiger partial charge in [0.2, 0.25) is 5.91 Å². The molecule has 0 saturated carbocycles. The van der Waals surface area contributed by atoms with Crippen molar-refractivity contribution in [2.75, 3.05) is 5.32 Å². The molecular weight excluding hydrogens is 440 g/mol. The number of para-hydroxylation sites is 1. The number of carbonyl (C=O) groups excluding carboxylic acids is 1. The summed E-state index contributed by atoms with van der Waals surface area (Å²) in [5.41, 5.74) is 2.39. The molecule has 0 aliphatic heterocycles. The van der Waals surface area contributed by atoms with Crippen LogP contribution in [-0.2, 0) is 11.3 Å². The van der Waals surface area contributed by atoms with Crippen LogP contribution in [0.25, 0.3) is 22.2 Å². The second-order valence-electron chi connectivity index (χ2n) is 7.87. The fraction of sp³-hybridized carbons (Fsp3) is 0.250. The molecule has 0 spiro atoms. The van der Waals surface area contributed by atoms with Crippen molar-refractivity contribution in [1.82, 2.24) is 14.5 Å². The van der Waals surface area contributed by atoms with Crippen LogP contribution in [0.3, 0.4) is 0 Å². The SMILES string of the molecule is CC(C)Cn1c(SC(C)C(=O)Nc2nc(-c3ccccc3)cs2)nc2ccccc2c1=O. The second-order valence-corrected chi connectivity index (χ2v) is 10.0. The number of aromatic nitrogens is 3. The molecule has 1 amide bonds. The van der Waals surface area contributed by atoms with E-state index in [1.54, 1.807) is 10.6 Å². The Morgan fingerprint density at radius 2 is 1.78 bits per heavy atom. The number of hydrogen-bond donors (Lipinski definition) is 1. The zero-order valence-electron chi connectivity index (χ0n) is 18.1. The number of thiazole rings is 1. The van der Waals surface area contributed by atoms with Gasteiger partial charge in [0.15, 0.2) is 10.3 Å². The van der Waals surface area contributed by atoms with E-state index < -0.39 is 5.25 Å². The minimum Gasteiger partial charge on any atom is -0.301 e. The highest BCUT2D eigenvalue weighted by Gasteiger charge is 2.21. The van der Waals surface area contributed by atoms with Gasteiger partial charge in [-0.15, -0.1) is 11.3 Å². The Morgan fingerprint density at radius 3 is 2.53 bits per heavy atom. The third-order valence-corrected chi connectivity index (χ3v) is 6.68. The number of nitrogens with zero attached hydrogens (tertiary/aromatic N) is 3. The summed E-state index contributed by atoms with van der Waals surface area (Å²) in [6.07, 6.45) is 0. The van der Waals surface area contributed by atoms with Crippen molar-refractivity contribution in [3.63, 3.8) is 0 Å². The lowest BCUT2D eigenvalue weighted by Crippen LogP contribution is -2.28. The fourth-order valence-corrected chi connectivity index (χ4v) is 4.90. The maximum Gasteiger partial charge on any atom is 0.262 e. The topological polar surface area (TPSA) is 76.9 Å². The molecule has 6 nitrogen and oxygen atoms in total. The van der Waals surface area contributed by atoms with Crippen LogP contribution >= 0.6 is 23.1 Å². The highest BCUT2D eigenvalue weighted by Crippen LogP contribution is 2.27. The van der Waals surface area contributed by atoms with E-state index in [1.807, 2.05) is 60.8 Å². The van der Waals surface area contributed by atoms with Crippen LogP contribution in [-0.4, -0.2) is 25.7 Å². The summed E-state index contributed by atoms with van der Waals surface area (Å²) in [4.78, 5) is 35.2. The Hall–Kier alpha value is -2.97. The summed E-state index contributed by atoms with van der Waals surface area (Å²) in [6.45, 7) is 6.46. The van der Waals surface area contributed by atoms with Gasteiger partial charge < -0.3 is 5.32 Å². The lowest BCUT2D eigenvalue weighted by atomic mass is 10.2. The molecule has 0 saturated heterocycles. The predicted octanol–water partition coefficient (Wildman–Crippen LogP) is 5.30. The van der Waals surface area contributed by atoms with Gasteiger partial charge >= 0.3 is 0 Å². The van der Waals surface area contributed by atoms with Crippen molar-refractivity contribution in [3.8, 4) is 11.3 Å². The number of nitrogens with one attached hydrogen (secondary N) is 1. The molecule has 0 fully saturated rings. The number of carbonyl (C=O) groups is 1. The molecule has 2 heterocycles. The van der Waals surface area contributed by atoms with E-state index in [0.29, 0.717) is 27.7 Å². The zero-order chi connectivity index (χ0) is 22.7. The van der Waals surface area contributed by atoms with Crippen molar-refractivity contribution in [1.29, 1.82) is 0 Å². The van der Waals surface area contributed by atoms with Crippen LogP contribution < -0.4 is 10.9 Å². The molecule has 4 aromatic rings. The molecule has 0 bridgehead atoms. The van der Waals surface area contributed by atoms with Gasteiger partial charge in [0.1, 0.15) is 0 Å². The van der Waals surface area contributed by atoms with E-state index in [1.165, 1.54) is 23.1 Å². The fourth-order valence-electron chi connectivity index (χ4n) is 3.26. The number of thioether (sulfide) groups is 1. The van der Waals surface area contributed by atoms with Crippen LogP contribution in [0.15, 0.2) is 69.9 Å². The Labute approximate surface area is 194 Å². The first-order valence-corrected chi connectivity index (χ1v) is 12.2. The van der Waals surface area contributed by atoms with Gasteiger partial charge in [0.05, 0.1) is 21.8 Å². The molecule has 32 heavy (non-hydrogen) atoms. The molecule has 0 aliphatic carbocycles. The largest absolute Gasteiger partial charge is 0.301 e. The van der Waals surface area contributed by atoms with Gasteiger partial charge in [0.25, 0.3) is 5.56 Å². The molecule has 1 unspecified atom stereocenters. The van der Waals surface area contributed by atoms with Crippen molar-refractivity contribution in [2.24, 2.45) is 5.92 Å².